The quantitative estimate of drug-likeness (QED) is 0.863. The predicted octanol–water partition coefficient (Wildman–Crippen LogP) is 3.18. The van der Waals surface area contributed by atoms with Crippen molar-refractivity contribution in [2.45, 2.75) is 63.0 Å². The molecule has 1 unspecified atom stereocenters. The summed E-state index contributed by atoms with van der Waals surface area (Å²) in [5.41, 5.74) is 9.46. The van der Waals surface area contributed by atoms with Gasteiger partial charge < -0.3 is 15.2 Å². The number of benzene rings is 1. The molecule has 0 radical (unpaired) electrons. The van der Waals surface area contributed by atoms with E-state index in [9.17, 15) is 0 Å². The van der Waals surface area contributed by atoms with Gasteiger partial charge in [0.05, 0.1) is 7.11 Å². The molecule has 3 aliphatic rings. The summed E-state index contributed by atoms with van der Waals surface area (Å²) in [5.74, 6) is 2.47. The normalized spacial score (nSPS) is 37.2. The molecule has 2 N–H and O–H groups in total. The first-order chi connectivity index (χ1) is 10.2. The Balaban J connectivity index is 1.91. The van der Waals surface area contributed by atoms with Crippen molar-refractivity contribution in [3.05, 3.63) is 23.3 Å². The van der Waals surface area contributed by atoms with E-state index in [0.29, 0.717) is 5.92 Å². The molecule has 3 nitrogen and oxygen atoms in total. The third-order valence-electron chi connectivity index (χ3n) is 6.02. The Bertz CT molecular complexity index is 571. The van der Waals surface area contributed by atoms with Crippen LogP contribution in [0.4, 0.5) is 0 Å². The van der Waals surface area contributed by atoms with E-state index in [1.165, 1.54) is 36.8 Å². The molecule has 114 valence electrons. The second kappa shape index (κ2) is 4.64. The van der Waals surface area contributed by atoms with Gasteiger partial charge in [0, 0.05) is 23.4 Å². The van der Waals surface area contributed by atoms with E-state index in [-0.39, 0.29) is 17.6 Å². The van der Waals surface area contributed by atoms with Crippen LogP contribution in [0.1, 0.15) is 50.2 Å². The van der Waals surface area contributed by atoms with Crippen molar-refractivity contribution in [3.8, 4) is 11.5 Å². The zero-order valence-electron chi connectivity index (χ0n) is 13.0. The number of rotatable bonds is 1. The van der Waals surface area contributed by atoms with E-state index < -0.39 is 0 Å². The van der Waals surface area contributed by atoms with Crippen molar-refractivity contribution in [3.63, 3.8) is 0 Å². The van der Waals surface area contributed by atoms with Gasteiger partial charge in [0.2, 0.25) is 0 Å². The van der Waals surface area contributed by atoms with Crippen molar-refractivity contribution in [2.24, 2.45) is 11.7 Å². The van der Waals surface area contributed by atoms with Gasteiger partial charge >= 0.3 is 0 Å². The van der Waals surface area contributed by atoms with Gasteiger partial charge in [-0.05, 0) is 43.2 Å². The van der Waals surface area contributed by atoms with Crippen LogP contribution in [-0.4, -0.2) is 19.3 Å². The standard InChI is InChI=1S/C18H25NO2/c1-11-10-18-8-4-3-5-12-6-7-14(20-2)17(16(12)18)21-15(18)9-13(11)19/h6-7,11,13,15H,3-5,8-10,19H2,1-2H3/t11-,13-,15?,18-/m1/s1. The fourth-order valence-electron chi connectivity index (χ4n) is 4.91. The zero-order chi connectivity index (χ0) is 14.6. The van der Waals surface area contributed by atoms with Crippen LogP contribution in [0.5, 0.6) is 11.5 Å². The summed E-state index contributed by atoms with van der Waals surface area (Å²) in [6, 6.07) is 4.59. The molecule has 1 aromatic rings. The molecule has 1 aromatic carbocycles. The first-order valence-electron chi connectivity index (χ1n) is 8.28. The van der Waals surface area contributed by atoms with Crippen LogP contribution >= 0.6 is 0 Å². The van der Waals surface area contributed by atoms with Crippen LogP contribution in [0.15, 0.2) is 12.1 Å². The summed E-state index contributed by atoms with van der Waals surface area (Å²) < 4.78 is 12.0. The van der Waals surface area contributed by atoms with Gasteiger partial charge in [-0.1, -0.05) is 19.4 Å². The molecule has 21 heavy (non-hydrogen) atoms. The average Bonchev–Trinajstić information content (AvgIpc) is 2.67. The van der Waals surface area contributed by atoms with Gasteiger partial charge in [-0.25, -0.2) is 0 Å². The molecule has 0 saturated heterocycles. The first kappa shape index (κ1) is 13.4. The van der Waals surface area contributed by atoms with Crippen molar-refractivity contribution >= 4 is 0 Å². The zero-order valence-corrected chi connectivity index (χ0v) is 13.0. The Labute approximate surface area is 126 Å². The molecule has 1 fully saturated rings. The maximum Gasteiger partial charge on any atom is 0.165 e. The molecule has 2 aliphatic carbocycles. The third kappa shape index (κ3) is 1.76. The maximum atomic E-state index is 6.42. The molecular formula is C18H25NO2. The lowest BCUT2D eigenvalue weighted by atomic mass is 9.62. The lowest BCUT2D eigenvalue weighted by Crippen LogP contribution is -2.51. The molecular weight excluding hydrogens is 262 g/mol. The van der Waals surface area contributed by atoms with Crippen LogP contribution in [0.3, 0.4) is 0 Å². The Morgan fingerprint density at radius 1 is 1.33 bits per heavy atom. The molecule has 4 atom stereocenters. The number of methoxy groups -OCH3 is 1. The smallest absolute Gasteiger partial charge is 0.165 e. The summed E-state index contributed by atoms with van der Waals surface area (Å²) in [5, 5.41) is 0. The molecule has 0 aromatic heterocycles. The van der Waals surface area contributed by atoms with Gasteiger partial charge in [-0.2, -0.15) is 0 Å². The first-order valence-corrected chi connectivity index (χ1v) is 8.28. The fourth-order valence-corrected chi connectivity index (χ4v) is 4.91. The van der Waals surface area contributed by atoms with Crippen LogP contribution in [0.2, 0.25) is 0 Å². The van der Waals surface area contributed by atoms with Gasteiger partial charge in [-0.3, -0.25) is 0 Å². The monoisotopic (exact) mass is 287 g/mol. The molecule has 1 heterocycles. The molecule has 1 aliphatic heterocycles. The lowest BCUT2D eigenvalue weighted by molar-refractivity contribution is 0.0575. The van der Waals surface area contributed by atoms with E-state index in [4.69, 9.17) is 15.2 Å². The number of hydrogen-bond donors (Lipinski definition) is 1. The van der Waals surface area contributed by atoms with Gasteiger partial charge in [0.25, 0.3) is 0 Å². The molecule has 3 heteroatoms. The third-order valence-corrected chi connectivity index (χ3v) is 6.02. The summed E-state index contributed by atoms with van der Waals surface area (Å²) >= 11 is 0. The van der Waals surface area contributed by atoms with Crippen molar-refractivity contribution in [2.75, 3.05) is 7.11 Å². The minimum absolute atomic E-state index is 0.186. The van der Waals surface area contributed by atoms with Gasteiger partial charge in [-0.15, -0.1) is 0 Å². The fraction of sp³-hybridized carbons (Fsp3) is 0.667. The Kier molecular flexibility index (Phi) is 2.97. The number of ether oxygens (including phenoxy) is 2. The summed E-state index contributed by atoms with van der Waals surface area (Å²) in [6.07, 6.45) is 7.36. The van der Waals surface area contributed by atoms with Gasteiger partial charge in [0.1, 0.15) is 6.10 Å². The minimum Gasteiger partial charge on any atom is -0.493 e. The van der Waals surface area contributed by atoms with Crippen LogP contribution in [0.25, 0.3) is 0 Å². The van der Waals surface area contributed by atoms with Crippen molar-refractivity contribution < 1.29 is 9.47 Å². The SMILES string of the molecule is COc1ccc2c3c1OC1C[C@@H](N)[C@H](C)C[C@@]31CCCC2. The Morgan fingerprint density at radius 2 is 2.19 bits per heavy atom. The maximum absolute atomic E-state index is 6.42. The van der Waals surface area contributed by atoms with E-state index in [1.807, 2.05) is 0 Å². The van der Waals surface area contributed by atoms with Crippen LogP contribution in [-0.2, 0) is 11.8 Å². The highest BCUT2D eigenvalue weighted by Crippen LogP contribution is 2.58. The van der Waals surface area contributed by atoms with Crippen LogP contribution in [0, 0.1) is 5.92 Å². The predicted molar refractivity (Wildman–Crippen MR) is 83.0 cm³/mol. The van der Waals surface area contributed by atoms with E-state index >= 15 is 0 Å². The molecule has 0 bridgehead atoms. The molecule has 4 rings (SSSR count). The highest BCUT2D eigenvalue weighted by molar-refractivity contribution is 5.59. The molecule has 1 saturated carbocycles. The molecule has 0 amide bonds. The summed E-state index contributed by atoms with van der Waals surface area (Å²) in [6.45, 7) is 2.30. The van der Waals surface area contributed by atoms with Crippen LogP contribution < -0.4 is 15.2 Å². The topological polar surface area (TPSA) is 44.5 Å². The van der Waals surface area contributed by atoms with E-state index in [0.717, 1.165) is 24.3 Å². The highest BCUT2D eigenvalue weighted by Gasteiger charge is 2.55. The number of nitrogens with two attached hydrogens (primary N) is 1. The second-order valence-corrected chi connectivity index (χ2v) is 7.18. The van der Waals surface area contributed by atoms with E-state index in [1.54, 1.807) is 7.11 Å². The largest absolute Gasteiger partial charge is 0.493 e. The van der Waals surface area contributed by atoms with Crippen molar-refractivity contribution in [1.29, 1.82) is 0 Å². The van der Waals surface area contributed by atoms with Gasteiger partial charge in [0.15, 0.2) is 11.5 Å². The van der Waals surface area contributed by atoms with Crippen molar-refractivity contribution in [1.82, 2.24) is 0 Å². The lowest BCUT2D eigenvalue weighted by Gasteiger charge is -2.44. The van der Waals surface area contributed by atoms with E-state index in [2.05, 4.69) is 19.1 Å². The average molecular weight is 287 g/mol. The highest BCUT2D eigenvalue weighted by atomic mass is 16.5. The second-order valence-electron chi connectivity index (χ2n) is 7.18. The minimum atomic E-state index is 0.186. The summed E-state index contributed by atoms with van der Waals surface area (Å²) in [7, 11) is 1.74. The summed E-state index contributed by atoms with van der Waals surface area (Å²) in [4.78, 5) is 0. The Hall–Kier alpha value is -1.22. The number of aryl methyl sites for hydroxylation is 1. The number of hydrogen-bond acceptors (Lipinski definition) is 3. The molecule has 1 spiro atoms. The Morgan fingerprint density at radius 3 is 3.00 bits per heavy atom.